The Morgan fingerprint density at radius 2 is 1.86 bits per heavy atom. The third-order valence-electron chi connectivity index (χ3n) is 4.68. The highest BCUT2D eigenvalue weighted by molar-refractivity contribution is 14.1. The SMILES string of the molecule is CC(C)OC(=O)c1c2nc3ccccc3nc2n2c1[nH]c(=O)c1cc(I)ccc12. The first kappa shape index (κ1) is 18.0. The average Bonchev–Trinajstić information content (AvgIpc) is 2.98. The van der Waals surface area contributed by atoms with Gasteiger partial charge in [0, 0.05) is 3.57 Å². The molecule has 0 saturated carbocycles. The Hall–Kier alpha value is -3.01. The molecule has 7 nitrogen and oxygen atoms in total. The molecule has 8 heteroatoms. The number of aromatic nitrogens is 4. The third kappa shape index (κ3) is 2.78. The molecular weight excluding hydrogens is 483 g/mol. The lowest BCUT2D eigenvalue weighted by Gasteiger charge is -2.07. The van der Waals surface area contributed by atoms with Crippen LogP contribution in [0, 0.1) is 3.57 Å². The van der Waals surface area contributed by atoms with Gasteiger partial charge in [-0.1, -0.05) is 12.1 Å². The lowest BCUT2D eigenvalue weighted by atomic mass is 10.2. The predicted octanol–water partition coefficient (Wildman–Crippen LogP) is 4.05. The number of benzene rings is 2. The fourth-order valence-corrected chi connectivity index (χ4v) is 4.01. The number of ether oxygens (including phenoxy) is 1. The summed E-state index contributed by atoms with van der Waals surface area (Å²) < 4.78 is 8.16. The number of hydrogen-bond acceptors (Lipinski definition) is 5. The maximum Gasteiger partial charge on any atom is 0.344 e. The standard InChI is InChI=1S/C21H15IN4O3/c1-10(2)29-21(28)16-17-19(24-14-6-4-3-5-13(14)23-17)26-15-8-7-11(22)9-12(15)20(27)25-18(16)26/h3-10H,1-2H3,(H,25,27). The molecule has 29 heavy (non-hydrogen) atoms. The molecule has 0 aliphatic rings. The minimum absolute atomic E-state index is 0.213. The molecular formula is C21H15IN4O3. The van der Waals surface area contributed by atoms with Crippen LogP contribution in [0.4, 0.5) is 0 Å². The van der Waals surface area contributed by atoms with Crippen molar-refractivity contribution < 1.29 is 9.53 Å². The van der Waals surface area contributed by atoms with Gasteiger partial charge in [0.15, 0.2) is 5.65 Å². The van der Waals surface area contributed by atoms with Gasteiger partial charge in [-0.3, -0.25) is 9.20 Å². The Morgan fingerprint density at radius 3 is 2.59 bits per heavy atom. The third-order valence-corrected chi connectivity index (χ3v) is 5.36. The maximum atomic E-state index is 13.0. The van der Waals surface area contributed by atoms with Gasteiger partial charge in [-0.15, -0.1) is 0 Å². The van der Waals surface area contributed by atoms with Crippen LogP contribution < -0.4 is 5.56 Å². The van der Waals surface area contributed by atoms with E-state index in [1.54, 1.807) is 24.3 Å². The van der Waals surface area contributed by atoms with E-state index in [1.165, 1.54) is 0 Å². The van der Waals surface area contributed by atoms with Crippen LogP contribution in [-0.4, -0.2) is 31.4 Å². The quantitative estimate of drug-likeness (QED) is 0.293. The van der Waals surface area contributed by atoms with Gasteiger partial charge in [-0.05, 0) is 66.8 Å². The molecule has 0 bridgehead atoms. The van der Waals surface area contributed by atoms with Gasteiger partial charge in [0.05, 0.1) is 28.0 Å². The molecule has 3 heterocycles. The first-order valence-corrected chi connectivity index (χ1v) is 10.2. The van der Waals surface area contributed by atoms with E-state index < -0.39 is 5.97 Å². The molecule has 0 saturated heterocycles. The van der Waals surface area contributed by atoms with Gasteiger partial charge in [-0.25, -0.2) is 14.8 Å². The molecule has 0 atom stereocenters. The van der Waals surface area contributed by atoms with Crippen molar-refractivity contribution in [2.75, 3.05) is 0 Å². The second kappa shape index (κ2) is 6.51. The number of aromatic amines is 1. The normalized spacial score (nSPS) is 11.9. The summed E-state index contributed by atoms with van der Waals surface area (Å²) in [5.74, 6) is -0.544. The number of carbonyl (C=O) groups is 1. The Labute approximate surface area is 177 Å². The molecule has 1 N–H and O–H groups in total. The molecule has 0 fully saturated rings. The number of hydrogen-bond donors (Lipinski definition) is 1. The summed E-state index contributed by atoms with van der Waals surface area (Å²) in [6.07, 6.45) is -0.310. The molecule has 0 amide bonds. The lowest BCUT2D eigenvalue weighted by Crippen LogP contribution is -2.15. The van der Waals surface area contributed by atoms with E-state index in [9.17, 15) is 9.59 Å². The minimum Gasteiger partial charge on any atom is -0.459 e. The van der Waals surface area contributed by atoms with Crippen LogP contribution in [-0.2, 0) is 4.74 Å². The van der Waals surface area contributed by atoms with Crippen LogP contribution in [0.1, 0.15) is 24.2 Å². The van der Waals surface area contributed by atoms with E-state index >= 15 is 0 Å². The van der Waals surface area contributed by atoms with E-state index in [0.717, 1.165) is 3.57 Å². The first-order valence-electron chi connectivity index (χ1n) is 9.07. The first-order chi connectivity index (χ1) is 13.9. The molecule has 144 valence electrons. The molecule has 5 rings (SSSR count). The Morgan fingerprint density at radius 1 is 1.14 bits per heavy atom. The van der Waals surface area contributed by atoms with Crippen molar-refractivity contribution in [3.05, 3.63) is 62.0 Å². The van der Waals surface area contributed by atoms with Crippen molar-refractivity contribution in [1.29, 1.82) is 0 Å². The number of H-pyrrole nitrogens is 1. The summed E-state index contributed by atoms with van der Waals surface area (Å²) >= 11 is 2.16. The molecule has 3 aromatic heterocycles. The number of esters is 1. The molecule has 0 aliphatic carbocycles. The average molecular weight is 498 g/mol. The number of nitrogens with one attached hydrogen (secondary N) is 1. The molecule has 0 spiro atoms. The second-order valence-electron chi connectivity index (χ2n) is 7.01. The molecule has 0 radical (unpaired) electrons. The Kier molecular flexibility index (Phi) is 4.05. The number of nitrogens with zero attached hydrogens (tertiary/aromatic N) is 3. The van der Waals surface area contributed by atoms with E-state index in [4.69, 9.17) is 9.72 Å². The summed E-state index contributed by atoms with van der Waals surface area (Å²) in [4.78, 5) is 38.0. The van der Waals surface area contributed by atoms with Crippen LogP contribution in [0.3, 0.4) is 0 Å². The summed E-state index contributed by atoms with van der Waals surface area (Å²) in [6.45, 7) is 3.55. The van der Waals surface area contributed by atoms with Crippen molar-refractivity contribution in [2.45, 2.75) is 20.0 Å². The number of para-hydroxylation sites is 2. The highest BCUT2D eigenvalue weighted by Gasteiger charge is 2.25. The predicted molar refractivity (Wildman–Crippen MR) is 119 cm³/mol. The van der Waals surface area contributed by atoms with Crippen molar-refractivity contribution in [3.8, 4) is 0 Å². The van der Waals surface area contributed by atoms with E-state index in [1.807, 2.05) is 36.4 Å². The molecule has 0 unspecified atom stereocenters. The summed E-state index contributed by atoms with van der Waals surface area (Å²) in [7, 11) is 0. The van der Waals surface area contributed by atoms with E-state index in [-0.39, 0.29) is 17.2 Å². The van der Waals surface area contributed by atoms with Crippen LogP contribution in [0.5, 0.6) is 0 Å². The summed E-state index contributed by atoms with van der Waals surface area (Å²) in [5.41, 5.74) is 3.18. The highest BCUT2D eigenvalue weighted by Crippen LogP contribution is 2.28. The van der Waals surface area contributed by atoms with Crippen LogP contribution in [0.25, 0.3) is 38.7 Å². The highest BCUT2D eigenvalue weighted by atomic mass is 127. The van der Waals surface area contributed by atoms with Gasteiger partial charge in [0.25, 0.3) is 5.56 Å². The van der Waals surface area contributed by atoms with E-state index in [2.05, 4.69) is 32.6 Å². The number of fused-ring (bicyclic) bond motifs is 6. The molecule has 2 aromatic carbocycles. The van der Waals surface area contributed by atoms with Crippen molar-refractivity contribution in [1.82, 2.24) is 19.4 Å². The van der Waals surface area contributed by atoms with Gasteiger partial charge < -0.3 is 9.72 Å². The fraction of sp³-hybridized carbons (Fsp3) is 0.143. The summed E-state index contributed by atoms with van der Waals surface area (Å²) in [6, 6.07) is 13.0. The second-order valence-corrected chi connectivity index (χ2v) is 8.26. The fourth-order valence-electron chi connectivity index (χ4n) is 3.52. The largest absolute Gasteiger partial charge is 0.459 e. The summed E-state index contributed by atoms with van der Waals surface area (Å²) in [5, 5.41) is 0.514. The van der Waals surface area contributed by atoms with Gasteiger partial charge in [0.1, 0.15) is 16.7 Å². The van der Waals surface area contributed by atoms with Crippen LogP contribution in [0.2, 0.25) is 0 Å². The number of halogens is 1. The number of rotatable bonds is 2. The zero-order valence-electron chi connectivity index (χ0n) is 15.6. The Bertz CT molecular complexity index is 1520. The van der Waals surface area contributed by atoms with Crippen molar-refractivity contribution >= 4 is 67.3 Å². The topological polar surface area (TPSA) is 89.3 Å². The smallest absolute Gasteiger partial charge is 0.344 e. The Balaban J connectivity index is 2.04. The van der Waals surface area contributed by atoms with E-state index in [0.29, 0.717) is 38.7 Å². The monoisotopic (exact) mass is 498 g/mol. The van der Waals surface area contributed by atoms with Crippen LogP contribution in [0.15, 0.2) is 47.3 Å². The number of carbonyl (C=O) groups excluding carboxylic acids is 1. The van der Waals surface area contributed by atoms with Crippen molar-refractivity contribution in [2.24, 2.45) is 0 Å². The minimum atomic E-state index is -0.544. The van der Waals surface area contributed by atoms with Gasteiger partial charge >= 0.3 is 5.97 Å². The lowest BCUT2D eigenvalue weighted by molar-refractivity contribution is 0.0382. The zero-order valence-corrected chi connectivity index (χ0v) is 17.7. The zero-order chi connectivity index (χ0) is 20.3. The maximum absolute atomic E-state index is 13.0. The molecule has 0 aliphatic heterocycles. The van der Waals surface area contributed by atoms with Gasteiger partial charge in [0.2, 0.25) is 0 Å². The van der Waals surface area contributed by atoms with Crippen molar-refractivity contribution in [3.63, 3.8) is 0 Å². The molecule has 5 aromatic rings. The van der Waals surface area contributed by atoms with Gasteiger partial charge in [-0.2, -0.15) is 0 Å². The van der Waals surface area contributed by atoms with Crippen LogP contribution >= 0.6 is 22.6 Å².